The first-order valence-corrected chi connectivity index (χ1v) is 4.48. The van der Waals surface area contributed by atoms with Crippen molar-refractivity contribution in [3.8, 4) is 11.8 Å². The van der Waals surface area contributed by atoms with E-state index in [4.69, 9.17) is 28.9 Å². The molecule has 0 amide bonds. The third-order valence-corrected chi connectivity index (χ3v) is 1.63. The Bertz CT molecular complexity index is 354. The molecule has 0 aliphatic carbocycles. The summed E-state index contributed by atoms with van der Waals surface area (Å²) in [6, 6.07) is 0. The van der Waals surface area contributed by atoms with Gasteiger partial charge in [0.15, 0.2) is 10.8 Å². The summed E-state index contributed by atoms with van der Waals surface area (Å²) in [4.78, 5) is 7.71. The monoisotopic (exact) mass is 215 g/mol. The maximum absolute atomic E-state index is 5.72. The Kier molecular flexibility index (Phi) is 3.81. The van der Waals surface area contributed by atoms with E-state index in [1.807, 2.05) is 0 Å². The fourth-order valence-corrected chi connectivity index (χ4v) is 0.945. The van der Waals surface area contributed by atoms with Gasteiger partial charge >= 0.3 is 0 Å². The van der Waals surface area contributed by atoms with Crippen LogP contribution in [0.25, 0.3) is 0 Å². The third kappa shape index (κ3) is 3.10. The Labute approximate surface area is 86.3 Å². The van der Waals surface area contributed by atoms with Gasteiger partial charge in [-0.2, -0.15) is 0 Å². The Morgan fingerprint density at radius 1 is 1.54 bits per heavy atom. The number of aromatic nitrogens is 2. The number of nitrogens with two attached hydrogens (primary N) is 1. The van der Waals surface area contributed by atoms with Crippen LogP contribution in [0.4, 0.5) is 5.82 Å². The Hall–Kier alpha value is -0.980. The molecule has 0 radical (unpaired) electrons. The summed E-state index contributed by atoms with van der Waals surface area (Å²) < 4.78 is 0. The molecule has 0 unspecified atom stereocenters. The largest absolute Gasteiger partial charge is 0.382 e. The second-order valence-electron chi connectivity index (χ2n) is 2.18. The molecule has 5 heteroatoms. The van der Waals surface area contributed by atoms with E-state index in [9.17, 15) is 0 Å². The molecule has 1 heterocycles. The summed E-state index contributed by atoms with van der Waals surface area (Å²) >= 11 is 11.2. The average molecular weight is 216 g/mol. The number of hydrogen-bond acceptors (Lipinski definition) is 3. The van der Waals surface area contributed by atoms with E-state index >= 15 is 0 Å². The van der Waals surface area contributed by atoms with Crippen molar-refractivity contribution in [1.82, 2.24) is 9.97 Å². The topological polar surface area (TPSA) is 51.8 Å². The van der Waals surface area contributed by atoms with Crippen LogP contribution >= 0.6 is 23.2 Å². The summed E-state index contributed by atoms with van der Waals surface area (Å²) in [5.74, 6) is 6.33. The zero-order chi connectivity index (χ0) is 9.68. The lowest BCUT2D eigenvalue weighted by Gasteiger charge is -1.94. The second kappa shape index (κ2) is 4.90. The number of halogens is 2. The van der Waals surface area contributed by atoms with Crippen LogP contribution < -0.4 is 5.73 Å². The predicted octanol–water partition coefficient (Wildman–Crippen LogP) is 1.69. The molecular formula is C8H7Cl2N3. The van der Waals surface area contributed by atoms with Crippen molar-refractivity contribution in [3.05, 3.63) is 17.0 Å². The highest BCUT2D eigenvalue weighted by Gasteiger charge is 1.99. The van der Waals surface area contributed by atoms with E-state index in [0.29, 0.717) is 18.0 Å². The van der Waals surface area contributed by atoms with Gasteiger partial charge in [0, 0.05) is 12.3 Å². The highest BCUT2D eigenvalue weighted by molar-refractivity contribution is 6.30. The molecule has 0 saturated carbocycles. The Morgan fingerprint density at radius 2 is 2.31 bits per heavy atom. The summed E-state index contributed by atoms with van der Waals surface area (Å²) in [5.41, 5.74) is 5.79. The van der Waals surface area contributed by atoms with Crippen LogP contribution in [-0.4, -0.2) is 15.8 Å². The highest BCUT2D eigenvalue weighted by Crippen LogP contribution is 2.09. The van der Waals surface area contributed by atoms with Gasteiger partial charge in [0.05, 0.1) is 6.20 Å². The van der Waals surface area contributed by atoms with Crippen LogP contribution in [0.2, 0.25) is 5.15 Å². The first-order chi connectivity index (χ1) is 6.24. The number of anilines is 1. The molecule has 0 bridgehead atoms. The molecule has 1 aromatic rings. The highest BCUT2D eigenvalue weighted by atomic mass is 35.5. The molecule has 68 valence electrons. The van der Waals surface area contributed by atoms with Gasteiger partial charge in [-0.3, -0.25) is 0 Å². The molecule has 13 heavy (non-hydrogen) atoms. The first kappa shape index (κ1) is 10.1. The predicted molar refractivity (Wildman–Crippen MR) is 53.7 cm³/mol. The van der Waals surface area contributed by atoms with Crippen molar-refractivity contribution in [2.75, 3.05) is 11.6 Å². The molecule has 3 nitrogen and oxygen atoms in total. The Morgan fingerprint density at radius 3 is 2.92 bits per heavy atom. The molecule has 2 N–H and O–H groups in total. The maximum Gasteiger partial charge on any atom is 0.165 e. The molecule has 0 atom stereocenters. The smallest absolute Gasteiger partial charge is 0.165 e. The van der Waals surface area contributed by atoms with Gasteiger partial charge in [0.2, 0.25) is 0 Å². The van der Waals surface area contributed by atoms with Gasteiger partial charge in [0.25, 0.3) is 0 Å². The molecule has 0 aliphatic heterocycles. The number of nitrogens with zero attached hydrogens (tertiary/aromatic N) is 2. The van der Waals surface area contributed by atoms with E-state index in [1.165, 1.54) is 6.20 Å². The zero-order valence-electron chi connectivity index (χ0n) is 6.72. The summed E-state index contributed by atoms with van der Waals surface area (Å²) in [6.07, 6.45) is 2.01. The van der Waals surface area contributed by atoms with Crippen LogP contribution in [0.15, 0.2) is 6.20 Å². The lowest BCUT2D eigenvalue weighted by molar-refractivity contribution is 1.18. The lowest BCUT2D eigenvalue weighted by Crippen LogP contribution is -1.94. The summed E-state index contributed by atoms with van der Waals surface area (Å²) in [5, 5.41) is 0.224. The number of rotatable bonds is 1. The van der Waals surface area contributed by atoms with E-state index in [-0.39, 0.29) is 11.0 Å². The Balaban J connectivity index is 2.85. The van der Waals surface area contributed by atoms with Crippen molar-refractivity contribution in [1.29, 1.82) is 0 Å². The molecule has 0 spiro atoms. The summed E-state index contributed by atoms with van der Waals surface area (Å²) in [6.45, 7) is 0. The van der Waals surface area contributed by atoms with Crippen molar-refractivity contribution in [2.24, 2.45) is 0 Å². The fourth-order valence-electron chi connectivity index (χ4n) is 0.656. The van der Waals surface area contributed by atoms with Crippen molar-refractivity contribution >= 4 is 29.0 Å². The van der Waals surface area contributed by atoms with Gasteiger partial charge in [-0.1, -0.05) is 17.5 Å². The molecule has 0 fully saturated rings. The SMILES string of the molecule is Nc1cnc(C#CCCCl)c(Cl)n1. The molecule has 1 rings (SSSR count). The maximum atomic E-state index is 5.72. The van der Waals surface area contributed by atoms with Crippen molar-refractivity contribution < 1.29 is 0 Å². The van der Waals surface area contributed by atoms with Crippen LogP contribution in [0.1, 0.15) is 12.1 Å². The van der Waals surface area contributed by atoms with Gasteiger partial charge in [-0.05, 0) is 5.92 Å². The molecule has 0 saturated heterocycles. The zero-order valence-corrected chi connectivity index (χ0v) is 8.23. The lowest BCUT2D eigenvalue weighted by atomic mass is 10.4. The quantitative estimate of drug-likeness (QED) is 0.574. The van der Waals surface area contributed by atoms with Crippen LogP contribution in [0, 0.1) is 11.8 Å². The van der Waals surface area contributed by atoms with Crippen molar-refractivity contribution in [2.45, 2.75) is 6.42 Å². The van der Waals surface area contributed by atoms with Gasteiger partial charge < -0.3 is 5.73 Å². The fraction of sp³-hybridized carbons (Fsp3) is 0.250. The van der Waals surface area contributed by atoms with E-state index < -0.39 is 0 Å². The average Bonchev–Trinajstić information content (AvgIpc) is 2.09. The van der Waals surface area contributed by atoms with E-state index in [0.717, 1.165) is 0 Å². The number of hydrogen-bond donors (Lipinski definition) is 1. The van der Waals surface area contributed by atoms with Gasteiger partial charge in [-0.25, -0.2) is 9.97 Å². The number of nitrogen functional groups attached to an aromatic ring is 1. The minimum atomic E-state index is 0.224. The second-order valence-corrected chi connectivity index (χ2v) is 2.91. The van der Waals surface area contributed by atoms with Crippen LogP contribution in [0.5, 0.6) is 0 Å². The molecule has 0 aliphatic rings. The van der Waals surface area contributed by atoms with Crippen LogP contribution in [-0.2, 0) is 0 Å². The van der Waals surface area contributed by atoms with Crippen LogP contribution in [0.3, 0.4) is 0 Å². The van der Waals surface area contributed by atoms with Crippen molar-refractivity contribution in [3.63, 3.8) is 0 Å². The third-order valence-electron chi connectivity index (χ3n) is 1.17. The minimum absolute atomic E-state index is 0.224. The normalized spacial score (nSPS) is 9.08. The summed E-state index contributed by atoms with van der Waals surface area (Å²) in [7, 11) is 0. The van der Waals surface area contributed by atoms with E-state index in [1.54, 1.807) is 0 Å². The number of alkyl halides is 1. The van der Waals surface area contributed by atoms with Gasteiger partial charge in [-0.15, -0.1) is 11.6 Å². The van der Waals surface area contributed by atoms with Gasteiger partial charge in [0.1, 0.15) is 5.82 Å². The minimum Gasteiger partial charge on any atom is -0.382 e. The van der Waals surface area contributed by atoms with E-state index in [2.05, 4.69) is 21.8 Å². The molecule has 0 aromatic carbocycles. The molecule has 1 aromatic heterocycles. The molecular weight excluding hydrogens is 209 g/mol. The first-order valence-electron chi connectivity index (χ1n) is 3.57. The standard InChI is InChI=1S/C8H7Cl2N3/c9-4-2-1-3-6-8(10)13-7(11)5-12-6/h5H,2,4H2,(H2,11,13).